The highest BCUT2D eigenvalue weighted by Gasteiger charge is 2.24. The summed E-state index contributed by atoms with van der Waals surface area (Å²) in [6.07, 6.45) is 0. The van der Waals surface area contributed by atoms with Crippen molar-refractivity contribution < 1.29 is 13.9 Å². The standard InChI is InChI=1S/C24H28N2O3/c1-18(2)16-25-11-13-26(14-12-25)24(27)23-10-9-22(29-23)17-28-21-8-7-19-5-3-4-6-20(19)15-21/h3-10,15,18H,11-14,16-17H2,1-2H3. The molecule has 0 radical (unpaired) electrons. The second kappa shape index (κ2) is 8.70. The summed E-state index contributed by atoms with van der Waals surface area (Å²) in [7, 11) is 0. The van der Waals surface area contributed by atoms with E-state index in [1.54, 1.807) is 6.07 Å². The Bertz CT molecular complexity index is 971. The lowest BCUT2D eigenvalue weighted by atomic mass is 10.1. The first-order chi connectivity index (χ1) is 14.1. The highest BCUT2D eigenvalue weighted by molar-refractivity contribution is 5.91. The third-order valence-electron chi connectivity index (χ3n) is 5.26. The van der Waals surface area contributed by atoms with Gasteiger partial charge in [0.25, 0.3) is 5.91 Å². The van der Waals surface area contributed by atoms with E-state index in [9.17, 15) is 4.79 Å². The zero-order valence-corrected chi connectivity index (χ0v) is 17.1. The van der Waals surface area contributed by atoms with E-state index in [1.165, 1.54) is 5.39 Å². The van der Waals surface area contributed by atoms with Crippen LogP contribution in [0.15, 0.2) is 59.0 Å². The molecule has 1 aliphatic heterocycles. The van der Waals surface area contributed by atoms with Crippen LogP contribution in [0.25, 0.3) is 10.8 Å². The van der Waals surface area contributed by atoms with Crippen molar-refractivity contribution in [3.05, 3.63) is 66.1 Å². The molecule has 152 valence electrons. The largest absolute Gasteiger partial charge is 0.486 e. The summed E-state index contributed by atoms with van der Waals surface area (Å²) in [4.78, 5) is 17.0. The van der Waals surface area contributed by atoms with Crippen molar-refractivity contribution in [3.8, 4) is 5.75 Å². The maximum Gasteiger partial charge on any atom is 0.289 e. The summed E-state index contributed by atoms with van der Waals surface area (Å²) in [5.74, 6) is 2.44. The zero-order valence-electron chi connectivity index (χ0n) is 17.1. The van der Waals surface area contributed by atoms with Crippen molar-refractivity contribution in [2.24, 2.45) is 5.92 Å². The van der Waals surface area contributed by atoms with E-state index in [4.69, 9.17) is 9.15 Å². The molecule has 0 aliphatic carbocycles. The molecule has 0 unspecified atom stereocenters. The Hall–Kier alpha value is -2.79. The lowest BCUT2D eigenvalue weighted by molar-refractivity contribution is 0.0590. The van der Waals surface area contributed by atoms with Gasteiger partial charge in [0.05, 0.1) is 0 Å². The van der Waals surface area contributed by atoms with Crippen LogP contribution in [0.4, 0.5) is 0 Å². The van der Waals surface area contributed by atoms with E-state index in [0.717, 1.165) is 43.9 Å². The quantitative estimate of drug-likeness (QED) is 0.623. The number of carbonyl (C=O) groups excluding carboxylic acids is 1. The van der Waals surface area contributed by atoms with E-state index in [0.29, 0.717) is 24.0 Å². The molecule has 1 saturated heterocycles. The van der Waals surface area contributed by atoms with Crippen molar-refractivity contribution in [2.75, 3.05) is 32.7 Å². The van der Waals surface area contributed by atoms with Gasteiger partial charge in [0.15, 0.2) is 5.76 Å². The van der Waals surface area contributed by atoms with Gasteiger partial charge in [0.1, 0.15) is 18.1 Å². The first-order valence-electron chi connectivity index (χ1n) is 10.3. The number of furan rings is 1. The Labute approximate surface area is 171 Å². The molecule has 1 fully saturated rings. The number of carbonyl (C=O) groups is 1. The van der Waals surface area contributed by atoms with Gasteiger partial charge in [-0.1, -0.05) is 44.2 Å². The summed E-state index contributed by atoms with van der Waals surface area (Å²) in [5.41, 5.74) is 0. The van der Waals surface area contributed by atoms with Crippen LogP contribution in [-0.4, -0.2) is 48.4 Å². The average Bonchev–Trinajstić information content (AvgIpc) is 3.21. The van der Waals surface area contributed by atoms with E-state index in [2.05, 4.69) is 30.9 Å². The number of benzene rings is 2. The van der Waals surface area contributed by atoms with Gasteiger partial charge in [0.2, 0.25) is 0 Å². The predicted octanol–water partition coefficient (Wildman–Crippen LogP) is 4.43. The molecular weight excluding hydrogens is 364 g/mol. The molecular formula is C24H28N2O3. The number of fused-ring (bicyclic) bond motifs is 1. The number of ether oxygens (including phenoxy) is 1. The van der Waals surface area contributed by atoms with Crippen LogP contribution < -0.4 is 4.74 Å². The van der Waals surface area contributed by atoms with Gasteiger partial charge in [0, 0.05) is 32.7 Å². The highest BCUT2D eigenvalue weighted by Crippen LogP contribution is 2.22. The van der Waals surface area contributed by atoms with Crippen molar-refractivity contribution in [1.29, 1.82) is 0 Å². The van der Waals surface area contributed by atoms with E-state index in [-0.39, 0.29) is 5.91 Å². The van der Waals surface area contributed by atoms with E-state index < -0.39 is 0 Å². The average molecular weight is 392 g/mol. The molecule has 0 bridgehead atoms. The molecule has 0 N–H and O–H groups in total. The summed E-state index contributed by atoms with van der Waals surface area (Å²) >= 11 is 0. The van der Waals surface area contributed by atoms with Crippen LogP contribution in [0.2, 0.25) is 0 Å². The summed E-state index contributed by atoms with van der Waals surface area (Å²) in [6.45, 7) is 9.16. The van der Waals surface area contributed by atoms with E-state index in [1.807, 2.05) is 41.3 Å². The maximum atomic E-state index is 12.7. The topological polar surface area (TPSA) is 45.9 Å². The van der Waals surface area contributed by atoms with Gasteiger partial charge in [-0.15, -0.1) is 0 Å². The fourth-order valence-electron chi connectivity index (χ4n) is 3.79. The van der Waals surface area contributed by atoms with E-state index >= 15 is 0 Å². The molecule has 0 saturated carbocycles. The molecule has 4 rings (SSSR count). The number of hydrogen-bond donors (Lipinski definition) is 0. The second-order valence-electron chi connectivity index (χ2n) is 8.05. The summed E-state index contributed by atoms with van der Waals surface area (Å²) in [5, 5.41) is 2.32. The second-order valence-corrected chi connectivity index (χ2v) is 8.05. The summed E-state index contributed by atoms with van der Waals surface area (Å²) in [6, 6.07) is 17.8. The molecule has 1 aliphatic rings. The minimum atomic E-state index is -0.0360. The number of hydrogen-bond acceptors (Lipinski definition) is 4. The highest BCUT2D eigenvalue weighted by atomic mass is 16.5. The van der Waals surface area contributed by atoms with Gasteiger partial charge in [-0.3, -0.25) is 9.69 Å². The van der Waals surface area contributed by atoms with Gasteiger partial charge < -0.3 is 14.1 Å². The van der Waals surface area contributed by atoms with Crippen LogP contribution in [-0.2, 0) is 6.61 Å². The number of piperazine rings is 1. The van der Waals surface area contributed by atoms with Gasteiger partial charge in [-0.25, -0.2) is 0 Å². The van der Waals surface area contributed by atoms with Gasteiger partial charge >= 0.3 is 0 Å². The fraction of sp³-hybridized carbons (Fsp3) is 0.375. The molecule has 1 aromatic heterocycles. The Kier molecular flexibility index (Phi) is 5.86. The van der Waals surface area contributed by atoms with Crippen LogP contribution in [0.3, 0.4) is 0 Å². The normalized spacial score (nSPS) is 15.2. The number of rotatable bonds is 6. The molecule has 3 aromatic rings. The Morgan fingerprint density at radius 1 is 1.00 bits per heavy atom. The summed E-state index contributed by atoms with van der Waals surface area (Å²) < 4.78 is 11.6. The number of nitrogens with zero attached hydrogens (tertiary/aromatic N) is 2. The van der Waals surface area contributed by atoms with Crippen LogP contribution >= 0.6 is 0 Å². The fourth-order valence-corrected chi connectivity index (χ4v) is 3.79. The third kappa shape index (κ3) is 4.80. The van der Waals surface area contributed by atoms with Gasteiger partial charge in [-0.2, -0.15) is 0 Å². The molecule has 0 atom stereocenters. The van der Waals surface area contributed by atoms with Crippen molar-refractivity contribution in [3.63, 3.8) is 0 Å². The minimum absolute atomic E-state index is 0.0360. The lowest BCUT2D eigenvalue weighted by Gasteiger charge is -2.35. The van der Waals surface area contributed by atoms with Gasteiger partial charge in [-0.05, 0) is 41.0 Å². The van der Waals surface area contributed by atoms with Crippen molar-refractivity contribution in [2.45, 2.75) is 20.5 Å². The molecule has 2 aromatic carbocycles. The number of amides is 1. The van der Waals surface area contributed by atoms with Crippen LogP contribution in [0.5, 0.6) is 5.75 Å². The Balaban J connectivity index is 1.32. The van der Waals surface area contributed by atoms with Crippen LogP contribution in [0, 0.1) is 5.92 Å². The molecule has 0 spiro atoms. The Morgan fingerprint density at radius 2 is 1.76 bits per heavy atom. The predicted molar refractivity (Wildman–Crippen MR) is 114 cm³/mol. The molecule has 29 heavy (non-hydrogen) atoms. The first-order valence-corrected chi connectivity index (χ1v) is 10.3. The van der Waals surface area contributed by atoms with Crippen molar-refractivity contribution in [1.82, 2.24) is 9.80 Å². The maximum absolute atomic E-state index is 12.7. The Morgan fingerprint density at radius 3 is 2.52 bits per heavy atom. The zero-order chi connectivity index (χ0) is 20.2. The molecule has 5 heteroatoms. The minimum Gasteiger partial charge on any atom is -0.486 e. The monoisotopic (exact) mass is 392 g/mol. The third-order valence-corrected chi connectivity index (χ3v) is 5.26. The van der Waals surface area contributed by atoms with Crippen molar-refractivity contribution >= 4 is 16.7 Å². The van der Waals surface area contributed by atoms with Crippen LogP contribution in [0.1, 0.15) is 30.2 Å². The SMILES string of the molecule is CC(C)CN1CCN(C(=O)c2ccc(COc3ccc4ccccc4c3)o2)CC1. The first kappa shape index (κ1) is 19.5. The smallest absolute Gasteiger partial charge is 0.289 e. The lowest BCUT2D eigenvalue weighted by Crippen LogP contribution is -2.49. The molecule has 1 amide bonds. The molecule has 5 nitrogen and oxygen atoms in total. The molecule has 2 heterocycles.